The van der Waals surface area contributed by atoms with Crippen molar-refractivity contribution in [2.75, 3.05) is 0 Å². The van der Waals surface area contributed by atoms with Crippen LogP contribution in [0.15, 0.2) is 18.2 Å². The second kappa shape index (κ2) is 4.93. The van der Waals surface area contributed by atoms with Crippen LogP contribution >= 0.6 is 0 Å². The molecule has 0 amide bonds. The molecule has 0 spiro atoms. The van der Waals surface area contributed by atoms with Gasteiger partial charge in [-0.2, -0.15) is 0 Å². The van der Waals surface area contributed by atoms with Gasteiger partial charge in [0.15, 0.2) is 0 Å². The van der Waals surface area contributed by atoms with E-state index in [0.29, 0.717) is 11.6 Å². The Kier molecular flexibility index (Phi) is 3.24. The van der Waals surface area contributed by atoms with E-state index in [0.717, 1.165) is 35.6 Å². The standard InChI is InChI=1S/C16H20N2O2/c1-3-4-15-17-13-9-11(16(19)20)5-6-14(13)18(15)12-7-10(2)8-12/h5-6,9-10,12H,3-4,7-8H2,1-2H3,(H,19,20). The SMILES string of the molecule is CCCc1nc2cc(C(=O)O)ccc2n1C1CC(C)C1. The van der Waals surface area contributed by atoms with Gasteiger partial charge in [-0.3, -0.25) is 0 Å². The van der Waals surface area contributed by atoms with Crippen LogP contribution in [0.3, 0.4) is 0 Å². The summed E-state index contributed by atoms with van der Waals surface area (Å²) in [4.78, 5) is 15.7. The molecule has 1 aliphatic rings. The van der Waals surface area contributed by atoms with Gasteiger partial charge in [-0.05, 0) is 43.4 Å². The van der Waals surface area contributed by atoms with Crippen molar-refractivity contribution in [2.24, 2.45) is 5.92 Å². The normalized spacial score (nSPS) is 21.9. The third kappa shape index (κ3) is 2.09. The molecule has 1 aromatic carbocycles. The van der Waals surface area contributed by atoms with Crippen molar-refractivity contribution in [3.8, 4) is 0 Å². The summed E-state index contributed by atoms with van der Waals surface area (Å²) in [5.41, 5.74) is 2.20. The Morgan fingerprint density at radius 3 is 2.80 bits per heavy atom. The van der Waals surface area contributed by atoms with Gasteiger partial charge >= 0.3 is 5.97 Å². The summed E-state index contributed by atoms with van der Waals surface area (Å²) in [6.07, 6.45) is 4.39. The maximum absolute atomic E-state index is 11.1. The molecule has 106 valence electrons. The number of imidazole rings is 1. The number of carboxylic acid groups (broad SMARTS) is 1. The van der Waals surface area contributed by atoms with E-state index >= 15 is 0 Å². The Hall–Kier alpha value is -1.84. The molecular formula is C16H20N2O2. The second-order valence-corrected chi connectivity index (χ2v) is 5.89. The first-order chi connectivity index (χ1) is 9.60. The lowest BCUT2D eigenvalue weighted by Gasteiger charge is -2.35. The van der Waals surface area contributed by atoms with E-state index in [2.05, 4.69) is 23.4 Å². The Morgan fingerprint density at radius 2 is 2.20 bits per heavy atom. The first kappa shape index (κ1) is 13.2. The quantitative estimate of drug-likeness (QED) is 0.924. The van der Waals surface area contributed by atoms with E-state index in [1.807, 2.05) is 6.07 Å². The number of hydrogen-bond acceptors (Lipinski definition) is 2. The molecule has 1 fully saturated rings. The third-order valence-electron chi connectivity index (χ3n) is 4.20. The van der Waals surface area contributed by atoms with E-state index in [1.54, 1.807) is 12.1 Å². The van der Waals surface area contributed by atoms with Crippen LogP contribution in [0.4, 0.5) is 0 Å². The Morgan fingerprint density at radius 1 is 1.45 bits per heavy atom. The lowest BCUT2D eigenvalue weighted by molar-refractivity contribution is 0.0697. The zero-order chi connectivity index (χ0) is 14.3. The maximum atomic E-state index is 11.1. The summed E-state index contributed by atoms with van der Waals surface area (Å²) in [5, 5.41) is 9.09. The highest BCUT2D eigenvalue weighted by atomic mass is 16.4. The summed E-state index contributed by atoms with van der Waals surface area (Å²) in [6, 6.07) is 5.82. The smallest absolute Gasteiger partial charge is 0.335 e. The summed E-state index contributed by atoms with van der Waals surface area (Å²) >= 11 is 0. The van der Waals surface area contributed by atoms with Gasteiger partial charge in [0.25, 0.3) is 0 Å². The van der Waals surface area contributed by atoms with E-state index < -0.39 is 5.97 Å². The second-order valence-electron chi connectivity index (χ2n) is 5.89. The number of benzene rings is 1. The van der Waals surface area contributed by atoms with Gasteiger partial charge in [-0.1, -0.05) is 13.8 Å². The zero-order valence-electron chi connectivity index (χ0n) is 12.0. The van der Waals surface area contributed by atoms with E-state index in [9.17, 15) is 4.79 Å². The summed E-state index contributed by atoms with van der Waals surface area (Å²) in [6.45, 7) is 4.42. The fourth-order valence-corrected chi connectivity index (χ4v) is 3.16. The van der Waals surface area contributed by atoms with Crippen LogP contribution in [-0.2, 0) is 6.42 Å². The number of aromatic carboxylic acids is 1. The molecule has 4 heteroatoms. The van der Waals surface area contributed by atoms with Gasteiger partial charge < -0.3 is 9.67 Å². The average molecular weight is 272 g/mol. The van der Waals surface area contributed by atoms with Crippen molar-refractivity contribution < 1.29 is 9.90 Å². The van der Waals surface area contributed by atoms with Gasteiger partial charge in [0, 0.05) is 12.5 Å². The molecule has 0 aliphatic heterocycles. The summed E-state index contributed by atoms with van der Waals surface area (Å²) in [5.74, 6) is 0.989. The molecule has 4 nitrogen and oxygen atoms in total. The molecule has 1 aromatic heterocycles. The summed E-state index contributed by atoms with van der Waals surface area (Å²) < 4.78 is 2.34. The number of hydrogen-bond donors (Lipinski definition) is 1. The molecular weight excluding hydrogens is 252 g/mol. The first-order valence-electron chi connectivity index (χ1n) is 7.34. The fourth-order valence-electron chi connectivity index (χ4n) is 3.16. The monoisotopic (exact) mass is 272 g/mol. The molecule has 0 bridgehead atoms. The lowest BCUT2D eigenvalue weighted by atomic mass is 9.81. The molecule has 0 saturated heterocycles. The maximum Gasteiger partial charge on any atom is 0.335 e. The predicted molar refractivity (Wildman–Crippen MR) is 78.1 cm³/mol. The fraction of sp³-hybridized carbons (Fsp3) is 0.500. The van der Waals surface area contributed by atoms with Crippen LogP contribution in [0.25, 0.3) is 11.0 Å². The molecule has 1 heterocycles. The molecule has 2 aromatic rings. The number of carbonyl (C=O) groups is 1. The van der Waals surface area contributed by atoms with Crippen LogP contribution in [0.1, 0.15) is 55.3 Å². The molecule has 1 saturated carbocycles. The van der Waals surface area contributed by atoms with E-state index in [4.69, 9.17) is 5.11 Å². The van der Waals surface area contributed by atoms with Crippen molar-refractivity contribution in [3.05, 3.63) is 29.6 Å². The largest absolute Gasteiger partial charge is 0.478 e. The minimum Gasteiger partial charge on any atom is -0.478 e. The highest BCUT2D eigenvalue weighted by Gasteiger charge is 2.29. The van der Waals surface area contributed by atoms with E-state index in [-0.39, 0.29) is 0 Å². The predicted octanol–water partition coefficient (Wildman–Crippen LogP) is 3.66. The highest BCUT2D eigenvalue weighted by molar-refractivity contribution is 5.92. The van der Waals surface area contributed by atoms with Crippen LogP contribution < -0.4 is 0 Å². The molecule has 1 aliphatic carbocycles. The Bertz CT molecular complexity index is 654. The van der Waals surface area contributed by atoms with Crippen molar-refractivity contribution in [1.82, 2.24) is 9.55 Å². The Balaban J connectivity index is 2.09. The number of aryl methyl sites for hydroxylation is 1. The minimum atomic E-state index is -0.893. The summed E-state index contributed by atoms with van der Waals surface area (Å²) in [7, 11) is 0. The van der Waals surface area contributed by atoms with Gasteiger partial charge in [-0.25, -0.2) is 9.78 Å². The van der Waals surface area contributed by atoms with Crippen molar-refractivity contribution in [3.63, 3.8) is 0 Å². The number of nitrogens with zero attached hydrogens (tertiary/aromatic N) is 2. The van der Waals surface area contributed by atoms with Crippen molar-refractivity contribution in [1.29, 1.82) is 0 Å². The van der Waals surface area contributed by atoms with Crippen molar-refractivity contribution in [2.45, 2.75) is 45.6 Å². The molecule has 0 radical (unpaired) electrons. The van der Waals surface area contributed by atoms with Crippen LogP contribution in [-0.4, -0.2) is 20.6 Å². The van der Waals surface area contributed by atoms with Gasteiger partial charge in [0.1, 0.15) is 5.82 Å². The third-order valence-corrected chi connectivity index (χ3v) is 4.20. The minimum absolute atomic E-state index is 0.312. The molecule has 1 N–H and O–H groups in total. The van der Waals surface area contributed by atoms with Crippen molar-refractivity contribution >= 4 is 17.0 Å². The van der Waals surface area contributed by atoms with Crippen LogP contribution in [0.2, 0.25) is 0 Å². The van der Waals surface area contributed by atoms with Gasteiger partial charge in [-0.15, -0.1) is 0 Å². The van der Waals surface area contributed by atoms with Gasteiger partial charge in [0.2, 0.25) is 0 Å². The van der Waals surface area contributed by atoms with E-state index in [1.165, 1.54) is 12.8 Å². The van der Waals surface area contributed by atoms with Crippen LogP contribution in [0, 0.1) is 5.92 Å². The number of fused-ring (bicyclic) bond motifs is 1. The zero-order valence-corrected chi connectivity index (χ0v) is 12.0. The van der Waals surface area contributed by atoms with Crippen LogP contribution in [0.5, 0.6) is 0 Å². The Labute approximate surface area is 118 Å². The van der Waals surface area contributed by atoms with Gasteiger partial charge in [0.05, 0.1) is 16.6 Å². The number of carboxylic acids is 1. The molecule has 3 rings (SSSR count). The highest BCUT2D eigenvalue weighted by Crippen LogP contribution is 2.40. The molecule has 0 atom stereocenters. The molecule has 20 heavy (non-hydrogen) atoms. The lowest BCUT2D eigenvalue weighted by Crippen LogP contribution is -2.26. The number of aromatic nitrogens is 2. The number of rotatable bonds is 4. The first-order valence-corrected chi connectivity index (χ1v) is 7.34. The topological polar surface area (TPSA) is 55.1 Å². The average Bonchev–Trinajstić information content (AvgIpc) is 2.72. The molecule has 0 unspecified atom stereocenters.